The number of pyridine rings is 1. The molecule has 0 aliphatic carbocycles. The maximum Gasteiger partial charge on any atom is 0.137 e. The molecule has 1 aliphatic heterocycles. The molecule has 3 rings (SSSR count). The van der Waals surface area contributed by atoms with E-state index >= 15 is 0 Å². The molecule has 0 amide bonds. The van der Waals surface area contributed by atoms with Crippen LogP contribution >= 0.6 is 0 Å². The van der Waals surface area contributed by atoms with Crippen molar-refractivity contribution in [2.45, 2.75) is 25.7 Å². The largest absolute Gasteiger partial charge is 0.346 e. The van der Waals surface area contributed by atoms with Crippen LogP contribution in [0, 0.1) is 5.92 Å². The van der Waals surface area contributed by atoms with Gasteiger partial charge in [-0.25, -0.2) is 4.98 Å². The maximum atomic E-state index is 4.38. The molecule has 0 bridgehead atoms. The van der Waals surface area contributed by atoms with Gasteiger partial charge in [-0.3, -0.25) is 0 Å². The van der Waals surface area contributed by atoms with Crippen molar-refractivity contribution in [1.82, 2.24) is 15.3 Å². The average Bonchev–Trinajstić information content (AvgIpc) is 2.82. The monoisotopic (exact) mass is 229 g/mol. The molecule has 90 valence electrons. The van der Waals surface area contributed by atoms with E-state index in [-0.39, 0.29) is 0 Å². The number of nitrogens with one attached hydrogen (secondary N) is 2. The van der Waals surface area contributed by atoms with Gasteiger partial charge in [0.05, 0.1) is 0 Å². The number of hydrogen-bond donors (Lipinski definition) is 2. The molecule has 3 nitrogen and oxygen atoms in total. The van der Waals surface area contributed by atoms with Crippen molar-refractivity contribution < 1.29 is 0 Å². The van der Waals surface area contributed by atoms with E-state index in [1.807, 2.05) is 12.3 Å². The molecule has 3 heterocycles. The van der Waals surface area contributed by atoms with Crippen LogP contribution in [0.4, 0.5) is 0 Å². The lowest BCUT2D eigenvalue weighted by molar-refractivity contribution is 0.319. The first kappa shape index (κ1) is 10.8. The molecule has 1 aliphatic rings. The molecule has 17 heavy (non-hydrogen) atoms. The number of hydrogen-bond acceptors (Lipinski definition) is 2. The highest BCUT2D eigenvalue weighted by Crippen LogP contribution is 2.35. The van der Waals surface area contributed by atoms with E-state index in [0.717, 1.165) is 24.7 Å². The lowest BCUT2D eigenvalue weighted by atomic mass is 9.80. The lowest BCUT2D eigenvalue weighted by Gasteiger charge is -2.31. The topological polar surface area (TPSA) is 40.7 Å². The Morgan fingerprint density at radius 1 is 1.47 bits per heavy atom. The van der Waals surface area contributed by atoms with Gasteiger partial charge in [0.2, 0.25) is 0 Å². The summed E-state index contributed by atoms with van der Waals surface area (Å²) in [4.78, 5) is 7.67. The highest BCUT2D eigenvalue weighted by Gasteiger charge is 2.26. The lowest BCUT2D eigenvalue weighted by Crippen LogP contribution is -2.34. The molecule has 2 N–H and O–H groups in total. The Labute approximate surface area is 102 Å². The molecular weight excluding hydrogens is 210 g/mol. The van der Waals surface area contributed by atoms with Gasteiger partial charge in [0.25, 0.3) is 0 Å². The number of H-pyrrole nitrogens is 1. The summed E-state index contributed by atoms with van der Waals surface area (Å²) in [7, 11) is 0. The zero-order chi connectivity index (χ0) is 11.7. The van der Waals surface area contributed by atoms with Crippen molar-refractivity contribution in [3.63, 3.8) is 0 Å². The SMILES string of the molecule is CCC1CNCCC1c1c[nH]c2ncccc12. The molecule has 1 saturated heterocycles. The van der Waals surface area contributed by atoms with Gasteiger partial charge >= 0.3 is 0 Å². The van der Waals surface area contributed by atoms with Crippen LogP contribution in [0.5, 0.6) is 0 Å². The summed E-state index contributed by atoms with van der Waals surface area (Å²) in [6, 6.07) is 4.21. The number of aromatic nitrogens is 2. The maximum absolute atomic E-state index is 4.38. The quantitative estimate of drug-likeness (QED) is 0.831. The summed E-state index contributed by atoms with van der Waals surface area (Å²) in [5.41, 5.74) is 2.48. The standard InChI is InChI=1S/C14H19N3/c1-2-10-8-15-7-5-11(10)13-9-17-14-12(13)4-3-6-16-14/h3-4,6,9-11,15H,2,5,7-8H2,1H3,(H,16,17). The van der Waals surface area contributed by atoms with Crippen LogP contribution in [0.1, 0.15) is 31.2 Å². The van der Waals surface area contributed by atoms with Crippen molar-refractivity contribution in [3.05, 3.63) is 30.1 Å². The number of fused-ring (bicyclic) bond motifs is 1. The minimum atomic E-state index is 0.680. The molecule has 2 aromatic heterocycles. The van der Waals surface area contributed by atoms with Crippen molar-refractivity contribution in [2.75, 3.05) is 13.1 Å². The summed E-state index contributed by atoms with van der Waals surface area (Å²) in [6.07, 6.45) is 6.49. The van der Waals surface area contributed by atoms with E-state index in [1.165, 1.54) is 23.8 Å². The Morgan fingerprint density at radius 3 is 3.29 bits per heavy atom. The molecule has 1 fully saturated rings. The van der Waals surface area contributed by atoms with E-state index in [4.69, 9.17) is 0 Å². The summed E-state index contributed by atoms with van der Waals surface area (Å²) >= 11 is 0. The number of nitrogens with zero attached hydrogens (tertiary/aromatic N) is 1. The minimum Gasteiger partial charge on any atom is -0.346 e. The van der Waals surface area contributed by atoms with Crippen molar-refractivity contribution >= 4 is 11.0 Å². The Morgan fingerprint density at radius 2 is 2.41 bits per heavy atom. The molecule has 0 spiro atoms. The molecule has 0 aromatic carbocycles. The Bertz CT molecular complexity index is 503. The van der Waals surface area contributed by atoms with Crippen LogP contribution < -0.4 is 5.32 Å². The van der Waals surface area contributed by atoms with E-state index in [1.54, 1.807) is 0 Å². The predicted molar refractivity (Wildman–Crippen MR) is 70.1 cm³/mol. The molecule has 3 heteroatoms. The van der Waals surface area contributed by atoms with Gasteiger partial charge in [-0.05, 0) is 49.0 Å². The van der Waals surface area contributed by atoms with Gasteiger partial charge < -0.3 is 10.3 Å². The third kappa shape index (κ3) is 1.84. The zero-order valence-electron chi connectivity index (χ0n) is 10.2. The van der Waals surface area contributed by atoms with Gasteiger partial charge in [0.15, 0.2) is 0 Å². The zero-order valence-corrected chi connectivity index (χ0v) is 10.2. The molecule has 0 radical (unpaired) electrons. The molecule has 0 saturated carbocycles. The summed E-state index contributed by atoms with van der Waals surface area (Å²) in [5.74, 6) is 1.43. The van der Waals surface area contributed by atoms with Crippen LogP contribution in [-0.4, -0.2) is 23.1 Å². The second-order valence-corrected chi connectivity index (χ2v) is 4.91. The van der Waals surface area contributed by atoms with Crippen molar-refractivity contribution in [3.8, 4) is 0 Å². The van der Waals surface area contributed by atoms with Crippen LogP contribution in [-0.2, 0) is 0 Å². The molecule has 2 unspecified atom stereocenters. The third-order valence-electron chi connectivity index (χ3n) is 4.01. The first-order valence-electron chi connectivity index (χ1n) is 6.53. The van der Waals surface area contributed by atoms with Crippen LogP contribution in [0.25, 0.3) is 11.0 Å². The fourth-order valence-electron chi connectivity index (χ4n) is 3.05. The van der Waals surface area contributed by atoms with E-state index in [0.29, 0.717) is 5.92 Å². The van der Waals surface area contributed by atoms with E-state index in [2.05, 4.69) is 34.5 Å². The Balaban J connectivity index is 2.01. The van der Waals surface area contributed by atoms with Crippen LogP contribution in [0.2, 0.25) is 0 Å². The van der Waals surface area contributed by atoms with E-state index < -0.39 is 0 Å². The molecular formula is C14H19N3. The molecule has 2 atom stereocenters. The normalized spacial score (nSPS) is 25.2. The summed E-state index contributed by atoms with van der Waals surface area (Å²) in [5, 5.41) is 4.80. The van der Waals surface area contributed by atoms with E-state index in [9.17, 15) is 0 Å². The van der Waals surface area contributed by atoms with Crippen molar-refractivity contribution in [1.29, 1.82) is 0 Å². The highest BCUT2D eigenvalue weighted by molar-refractivity contribution is 5.80. The number of aromatic amines is 1. The number of rotatable bonds is 2. The second-order valence-electron chi connectivity index (χ2n) is 4.91. The van der Waals surface area contributed by atoms with Crippen LogP contribution in [0.3, 0.4) is 0 Å². The third-order valence-corrected chi connectivity index (χ3v) is 4.01. The Kier molecular flexibility index (Phi) is 2.85. The van der Waals surface area contributed by atoms with Gasteiger partial charge in [-0.15, -0.1) is 0 Å². The average molecular weight is 229 g/mol. The molecule has 2 aromatic rings. The van der Waals surface area contributed by atoms with Gasteiger partial charge in [-0.1, -0.05) is 13.3 Å². The van der Waals surface area contributed by atoms with Crippen molar-refractivity contribution in [2.24, 2.45) is 5.92 Å². The predicted octanol–water partition coefficient (Wildman–Crippen LogP) is 2.67. The first-order chi connectivity index (χ1) is 8.40. The van der Waals surface area contributed by atoms with Gasteiger partial charge in [0.1, 0.15) is 5.65 Å². The van der Waals surface area contributed by atoms with Gasteiger partial charge in [-0.2, -0.15) is 0 Å². The fraction of sp³-hybridized carbons (Fsp3) is 0.500. The fourth-order valence-corrected chi connectivity index (χ4v) is 3.05. The smallest absolute Gasteiger partial charge is 0.137 e. The van der Waals surface area contributed by atoms with Crippen LogP contribution in [0.15, 0.2) is 24.5 Å². The summed E-state index contributed by atoms with van der Waals surface area (Å²) in [6.45, 7) is 4.57. The Hall–Kier alpha value is -1.35. The summed E-state index contributed by atoms with van der Waals surface area (Å²) < 4.78 is 0. The number of piperidine rings is 1. The highest BCUT2D eigenvalue weighted by atomic mass is 14.9. The first-order valence-corrected chi connectivity index (χ1v) is 6.53. The minimum absolute atomic E-state index is 0.680. The second kappa shape index (κ2) is 4.49. The van der Waals surface area contributed by atoms with Gasteiger partial charge in [0, 0.05) is 17.8 Å².